The average molecular weight is 330 g/mol. The first-order valence-electron chi connectivity index (χ1n) is 7.63. The number of nitrogens with one attached hydrogen (secondary N) is 1. The third-order valence-corrected chi connectivity index (χ3v) is 3.52. The summed E-state index contributed by atoms with van der Waals surface area (Å²) in [6, 6.07) is 5.15. The zero-order valence-electron chi connectivity index (χ0n) is 13.7. The van der Waals surface area contributed by atoms with Gasteiger partial charge in [0.2, 0.25) is 6.79 Å². The molecule has 126 valence electrons. The van der Waals surface area contributed by atoms with Crippen molar-refractivity contribution < 1.29 is 19.0 Å². The third-order valence-electron chi connectivity index (χ3n) is 3.52. The SMILES string of the molecule is Cc1[nH]c(=O)nc(-c2ccc3c(c2)OCO3)c1C(=O)OCC(C)C. The van der Waals surface area contributed by atoms with Crippen LogP contribution in [0.1, 0.15) is 29.9 Å². The van der Waals surface area contributed by atoms with Crippen LogP contribution in [0.4, 0.5) is 0 Å². The Morgan fingerprint density at radius 2 is 2.08 bits per heavy atom. The molecule has 24 heavy (non-hydrogen) atoms. The second kappa shape index (κ2) is 6.35. The zero-order chi connectivity index (χ0) is 17.3. The Morgan fingerprint density at radius 1 is 1.33 bits per heavy atom. The number of aryl methyl sites for hydroxylation is 1. The number of benzene rings is 1. The summed E-state index contributed by atoms with van der Waals surface area (Å²) in [5, 5.41) is 0. The van der Waals surface area contributed by atoms with E-state index in [1.54, 1.807) is 25.1 Å². The van der Waals surface area contributed by atoms with Crippen LogP contribution in [0, 0.1) is 12.8 Å². The van der Waals surface area contributed by atoms with Crippen molar-refractivity contribution in [2.24, 2.45) is 5.92 Å². The fourth-order valence-corrected chi connectivity index (χ4v) is 2.40. The lowest BCUT2D eigenvalue weighted by Gasteiger charge is -2.12. The standard InChI is InChI=1S/C17H18N2O5/c1-9(2)7-22-16(20)14-10(3)18-17(21)19-15(14)11-4-5-12-13(6-11)24-8-23-12/h4-6,9H,7-8H2,1-3H3,(H,18,19,21). The number of hydrogen-bond acceptors (Lipinski definition) is 6. The van der Waals surface area contributed by atoms with Crippen molar-refractivity contribution in [2.75, 3.05) is 13.4 Å². The number of carbonyl (C=O) groups excluding carboxylic acids is 1. The minimum Gasteiger partial charge on any atom is -0.462 e. The number of hydrogen-bond donors (Lipinski definition) is 1. The predicted octanol–water partition coefficient (Wildman–Crippen LogP) is 2.29. The number of rotatable bonds is 4. The molecule has 1 aliphatic heterocycles. The molecule has 7 heteroatoms. The van der Waals surface area contributed by atoms with E-state index in [4.69, 9.17) is 14.2 Å². The van der Waals surface area contributed by atoms with Crippen molar-refractivity contribution in [3.05, 3.63) is 39.9 Å². The van der Waals surface area contributed by atoms with Gasteiger partial charge in [0, 0.05) is 11.3 Å². The maximum absolute atomic E-state index is 12.5. The molecule has 2 aromatic rings. The molecular weight excluding hydrogens is 312 g/mol. The van der Waals surface area contributed by atoms with Gasteiger partial charge in [-0.25, -0.2) is 9.59 Å². The van der Waals surface area contributed by atoms with Gasteiger partial charge < -0.3 is 19.2 Å². The number of H-pyrrole nitrogens is 1. The van der Waals surface area contributed by atoms with Crippen LogP contribution >= 0.6 is 0 Å². The quantitative estimate of drug-likeness (QED) is 0.865. The van der Waals surface area contributed by atoms with Crippen LogP contribution in [0.15, 0.2) is 23.0 Å². The molecular formula is C17H18N2O5. The molecule has 0 bridgehead atoms. The van der Waals surface area contributed by atoms with E-state index in [1.807, 2.05) is 13.8 Å². The summed E-state index contributed by atoms with van der Waals surface area (Å²) in [5.41, 5.74) is 0.986. The Kier molecular flexibility index (Phi) is 4.24. The van der Waals surface area contributed by atoms with E-state index in [-0.39, 0.29) is 30.6 Å². The Morgan fingerprint density at radius 3 is 2.83 bits per heavy atom. The van der Waals surface area contributed by atoms with Crippen molar-refractivity contribution in [1.82, 2.24) is 9.97 Å². The van der Waals surface area contributed by atoms with Crippen molar-refractivity contribution >= 4 is 5.97 Å². The van der Waals surface area contributed by atoms with E-state index in [0.717, 1.165) is 0 Å². The van der Waals surface area contributed by atoms with E-state index in [1.165, 1.54) is 0 Å². The topological polar surface area (TPSA) is 90.5 Å². The fraction of sp³-hybridized carbons (Fsp3) is 0.353. The normalized spacial score (nSPS) is 12.5. The van der Waals surface area contributed by atoms with Gasteiger partial charge in [-0.05, 0) is 31.0 Å². The van der Waals surface area contributed by atoms with E-state index in [2.05, 4.69) is 9.97 Å². The second-order valence-corrected chi connectivity index (χ2v) is 5.95. The molecule has 0 spiro atoms. The number of esters is 1. The van der Waals surface area contributed by atoms with Crippen LogP contribution in [0.5, 0.6) is 11.5 Å². The zero-order valence-corrected chi connectivity index (χ0v) is 13.7. The smallest absolute Gasteiger partial charge is 0.345 e. The van der Waals surface area contributed by atoms with Gasteiger partial charge in [0.1, 0.15) is 5.56 Å². The van der Waals surface area contributed by atoms with Gasteiger partial charge in [0.25, 0.3) is 0 Å². The monoisotopic (exact) mass is 330 g/mol. The molecule has 2 heterocycles. The molecule has 0 saturated heterocycles. The highest BCUT2D eigenvalue weighted by Crippen LogP contribution is 2.36. The molecule has 7 nitrogen and oxygen atoms in total. The van der Waals surface area contributed by atoms with Crippen LogP contribution in [0.3, 0.4) is 0 Å². The van der Waals surface area contributed by atoms with Gasteiger partial charge >= 0.3 is 11.7 Å². The van der Waals surface area contributed by atoms with E-state index in [0.29, 0.717) is 22.8 Å². The molecule has 0 fully saturated rings. The van der Waals surface area contributed by atoms with Crippen molar-refractivity contribution in [3.8, 4) is 22.8 Å². The lowest BCUT2D eigenvalue weighted by Crippen LogP contribution is -2.20. The molecule has 0 aliphatic carbocycles. The van der Waals surface area contributed by atoms with Crippen molar-refractivity contribution in [2.45, 2.75) is 20.8 Å². The van der Waals surface area contributed by atoms with Gasteiger partial charge in [-0.3, -0.25) is 0 Å². The molecule has 1 aromatic heterocycles. The number of nitrogens with zero attached hydrogens (tertiary/aromatic N) is 1. The summed E-state index contributed by atoms with van der Waals surface area (Å²) in [4.78, 5) is 30.8. The Balaban J connectivity index is 2.06. The van der Waals surface area contributed by atoms with Gasteiger partial charge in [0.15, 0.2) is 11.5 Å². The highest BCUT2D eigenvalue weighted by Gasteiger charge is 2.22. The molecule has 1 N–H and O–H groups in total. The van der Waals surface area contributed by atoms with Gasteiger partial charge in [-0.15, -0.1) is 0 Å². The number of fused-ring (bicyclic) bond motifs is 1. The molecule has 3 rings (SSSR count). The summed E-state index contributed by atoms with van der Waals surface area (Å²) >= 11 is 0. The molecule has 0 unspecified atom stereocenters. The first-order chi connectivity index (χ1) is 11.5. The summed E-state index contributed by atoms with van der Waals surface area (Å²) < 4.78 is 15.9. The first-order valence-corrected chi connectivity index (χ1v) is 7.63. The predicted molar refractivity (Wildman–Crippen MR) is 86.3 cm³/mol. The molecule has 0 amide bonds. The lowest BCUT2D eigenvalue weighted by atomic mass is 10.0. The molecule has 0 saturated carbocycles. The van der Waals surface area contributed by atoms with E-state index >= 15 is 0 Å². The number of carbonyl (C=O) groups is 1. The van der Waals surface area contributed by atoms with Crippen LogP contribution < -0.4 is 15.2 Å². The third kappa shape index (κ3) is 3.10. The highest BCUT2D eigenvalue weighted by molar-refractivity contribution is 5.97. The first kappa shape index (κ1) is 16.0. The summed E-state index contributed by atoms with van der Waals surface area (Å²) in [6.45, 7) is 5.97. The summed E-state index contributed by atoms with van der Waals surface area (Å²) in [7, 11) is 0. The lowest BCUT2D eigenvalue weighted by molar-refractivity contribution is 0.0458. The number of aromatic nitrogens is 2. The van der Waals surface area contributed by atoms with Gasteiger partial charge in [-0.2, -0.15) is 4.98 Å². The van der Waals surface area contributed by atoms with Gasteiger partial charge in [-0.1, -0.05) is 13.8 Å². The minimum atomic E-state index is -0.527. The number of ether oxygens (including phenoxy) is 3. The minimum absolute atomic E-state index is 0.143. The van der Waals surface area contributed by atoms with Crippen LogP contribution in [0.25, 0.3) is 11.3 Å². The fourth-order valence-electron chi connectivity index (χ4n) is 2.40. The maximum atomic E-state index is 12.5. The van der Waals surface area contributed by atoms with E-state index in [9.17, 15) is 9.59 Å². The van der Waals surface area contributed by atoms with Crippen LogP contribution in [0.2, 0.25) is 0 Å². The van der Waals surface area contributed by atoms with Crippen LogP contribution in [-0.4, -0.2) is 29.3 Å². The van der Waals surface area contributed by atoms with Crippen molar-refractivity contribution in [3.63, 3.8) is 0 Å². The van der Waals surface area contributed by atoms with Crippen LogP contribution in [-0.2, 0) is 4.74 Å². The van der Waals surface area contributed by atoms with Crippen molar-refractivity contribution in [1.29, 1.82) is 0 Å². The largest absolute Gasteiger partial charge is 0.462 e. The Bertz CT molecular complexity index is 841. The molecule has 0 radical (unpaired) electrons. The molecule has 0 atom stereocenters. The Hall–Kier alpha value is -2.83. The average Bonchev–Trinajstić information content (AvgIpc) is 2.99. The number of aromatic amines is 1. The van der Waals surface area contributed by atoms with Gasteiger partial charge in [0.05, 0.1) is 12.3 Å². The maximum Gasteiger partial charge on any atom is 0.345 e. The summed E-state index contributed by atoms with van der Waals surface area (Å²) in [6.07, 6.45) is 0. The molecule has 1 aliphatic rings. The highest BCUT2D eigenvalue weighted by atomic mass is 16.7. The Labute approximate surface area is 138 Å². The van der Waals surface area contributed by atoms with E-state index < -0.39 is 11.7 Å². The molecule has 1 aromatic carbocycles. The second-order valence-electron chi connectivity index (χ2n) is 5.95. The summed E-state index contributed by atoms with van der Waals surface area (Å²) in [5.74, 6) is 0.856.